The summed E-state index contributed by atoms with van der Waals surface area (Å²) in [6.45, 7) is 1.88. The monoisotopic (exact) mass is 201 g/mol. The molecule has 1 unspecified atom stereocenters. The molecule has 1 amide bonds. The molecule has 0 aliphatic heterocycles. The summed E-state index contributed by atoms with van der Waals surface area (Å²) in [4.78, 5) is 11.4. The lowest BCUT2D eigenvalue weighted by Gasteiger charge is -2.10. The summed E-state index contributed by atoms with van der Waals surface area (Å²) in [6, 6.07) is 0. The minimum absolute atomic E-state index is 0.179. The van der Waals surface area contributed by atoms with E-state index in [1.165, 1.54) is 18.4 Å². The third-order valence-corrected chi connectivity index (χ3v) is 2.14. The molecule has 0 saturated carbocycles. The van der Waals surface area contributed by atoms with Gasteiger partial charge in [-0.15, -0.1) is 10.2 Å². The van der Waals surface area contributed by atoms with Gasteiger partial charge >= 0.3 is 0 Å². The second-order valence-corrected chi connectivity index (χ2v) is 3.20. The Hall–Kier alpha value is -1.01. The molecule has 0 spiro atoms. The number of hydrogen-bond donors (Lipinski definition) is 1. The molecule has 13 heavy (non-hydrogen) atoms. The average Bonchev–Trinajstić information content (AvgIpc) is 2.59. The van der Waals surface area contributed by atoms with Gasteiger partial charge in [-0.3, -0.25) is 10.1 Å². The van der Waals surface area contributed by atoms with Crippen LogP contribution < -0.4 is 5.32 Å². The summed E-state index contributed by atoms with van der Waals surface area (Å²) >= 11 is 1.28. The van der Waals surface area contributed by atoms with E-state index in [-0.39, 0.29) is 5.91 Å². The molecule has 0 aliphatic carbocycles. The van der Waals surface area contributed by atoms with Crippen LogP contribution in [-0.2, 0) is 9.53 Å². The van der Waals surface area contributed by atoms with Gasteiger partial charge in [-0.05, 0) is 6.42 Å². The van der Waals surface area contributed by atoms with E-state index in [9.17, 15) is 4.79 Å². The van der Waals surface area contributed by atoms with E-state index in [2.05, 4.69) is 15.5 Å². The summed E-state index contributed by atoms with van der Waals surface area (Å²) in [5, 5.41) is 10.4. The van der Waals surface area contributed by atoms with E-state index in [4.69, 9.17) is 4.74 Å². The number of carbonyl (C=O) groups excluding carboxylic acids is 1. The van der Waals surface area contributed by atoms with Crippen molar-refractivity contribution in [1.82, 2.24) is 10.2 Å². The SMILES string of the molecule is CCC(OC)C(=O)Nc1nncs1. The number of amides is 1. The van der Waals surface area contributed by atoms with Gasteiger partial charge in [0.25, 0.3) is 5.91 Å². The summed E-state index contributed by atoms with van der Waals surface area (Å²) in [7, 11) is 1.51. The Balaban J connectivity index is 2.49. The van der Waals surface area contributed by atoms with Crippen molar-refractivity contribution in [2.45, 2.75) is 19.4 Å². The molecule has 0 aliphatic rings. The molecule has 1 atom stereocenters. The molecule has 1 heterocycles. The molecule has 5 nitrogen and oxygen atoms in total. The lowest BCUT2D eigenvalue weighted by Crippen LogP contribution is -2.28. The smallest absolute Gasteiger partial charge is 0.255 e. The first-order chi connectivity index (χ1) is 6.27. The van der Waals surface area contributed by atoms with E-state index >= 15 is 0 Å². The molecule has 6 heteroatoms. The summed E-state index contributed by atoms with van der Waals surface area (Å²) in [5.41, 5.74) is 1.56. The molecular weight excluding hydrogens is 190 g/mol. The van der Waals surface area contributed by atoms with Crippen LogP contribution in [-0.4, -0.2) is 29.3 Å². The zero-order valence-corrected chi connectivity index (χ0v) is 8.30. The van der Waals surface area contributed by atoms with Crippen molar-refractivity contribution in [2.75, 3.05) is 12.4 Å². The van der Waals surface area contributed by atoms with E-state index in [0.717, 1.165) is 0 Å². The molecule has 1 N–H and O–H groups in total. The van der Waals surface area contributed by atoms with Gasteiger partial charge in [-0.25, -0.2) is 0 Å². The molecular formula is C7H11N3O2S. The van der Waals surface area contributed by atoms with E-state index in [1.807, 2.05) is 6.92 Å². The van der Waals surface area contributed by atoms with Crippen molar-refractivity contribution in [2.24, 2.45) is 0 Å². The molecule has 0 bridgehead atoms. The van der Waals surface area contributed by atoms with Crippen LogP contribution in [0.1, 0.15) is 13.3 Å². The minimum atomic E-state index is -0.413. The Morgan fingerprint density at radius 2 is 2.62 bits per heavy atom. The van der Waals surface area contributed by atoms with Crippen LogP contribution >= 0.6 is 11.3 Å². The van der Waals surface area contributed by atoms with Crippen LogP contribution in [0, 0.1) is 0 Å². The number of rotatable bonds is 4. The number of methoxy groups -OCH3 is 1. The van der Waals surface area contributed by atoms with Gasteiger partial charge in [0, 0.05) is 7.11 Å². The van der Waals surface area contributed by atoms with Gasteiger partial charge < -0.3 is 4.74 Å². The van der Waals surface area contributed by atoms with Gasteiger partial charge in [-0.2, -0.15) is 0 Å². The van der Waals surface area contributed by atoms with E-state index in [1.54, 1.807) is 5.51 Å². The standard InChI is InChI=1S/C7H11N3O2S/c1-3-5(12-2)6(11)9-7-10-8-4-13-7/h4-5H,3H2,1-2H3,(H,9,10,11). The number of ether oxygens (including phenoxy) is 1. The Morgan fingerprint density at radius 1 is 1.85 bits per heavy atom. The predicted octanol–water partition coefficient (Wildman–Crippen LogP) is 0.902. The Kier molecular flexibility index (Phi) is 3.78. The zero-order valence-electron chi connectivity index (χ0n) is 7.48. The van der Waals surface area contributed by atoms with Crippen molar-refractivity contribution in [1.29, 1.82) is 0 Å². The van der Waals surface area contributed by atoms with Crippen LogP contribution in [0.4, 0.5) is 5.13 Å². The van der Waals surface area contributed by atoms with Gasteiger partial charge in [-0.1, -0.05) is 18.3 Å². The average molecular weight is 201 g/mol. The first kappa shape index (κ1) is 10.1. The number of carbonyl (C=O) groups is 1. The number of aromatic nitrogens is 2. The Bertz CT molecular complexity index is 259. The second-order valence-electron chi connectivity index (χ2n) is 2.37. The topological polar surface area (TPSA) is 64.1 Å². The first-order valence-corrected chi connectivity index (χ1v) is 4.75. The summed E-state index contributed by atoms with van der Waals surface area (Å²) in [6.07, 6.45) is 0.227. The van der Waals surface area contributed by atoms with Crippen LogP contribution in [0.2, 0.25) is 0 Å². The highest BCUT2D eigenvalue weighted by atomic mass is 32.1. The fourth-order valence-electron chi connectivity index (χ4n) is 0.873. The zero-order chi connectivity index (χ0) is 9.68. The summed E-state index contributed by atoms with van der Waals surface area (Å²) in [5.74, 6) is -0.179. The largest absolute Gasteiger partial charge is 0.372 e. The fourth-order valence-corrected chi connectivity index (χ4v) is 1.32. The fraction of sp³-hybridized carbons (Fsp3) is 0.571. The van der Waals surface area contributed by atoms with Crippen LogP contribution in [0.3, 0.4) is 0 Å². The highest BCUT2D eigenvalue weighted by molar-refractivity contribution is 7.13. The molecule has 0 fully saturated rings. The van der Waals surface area contributed by atoms with Crippen LogP contribution in [0.25, 0.3) is 0 Å². The van der Waals surface area contributed by atoms with Gasteiger partial charge in [0.05, 0.1) is 0 Å². The van der Waals surface area contributed by atoms with Gasteiger partial charge in [0.1, 0.15) is 11.6 Å². The van der Waals surface area contributed by atoms with Gasteiger partial charge in [0.2, 0.25) is 5.13 Å². The molecule has 0 saturated heterocycles. The summed E-state index contributed by atoms with van der Waals surface area (Å²) < 4.78 is 4.95. The number of nitrogens with zero attached hydrogens (tertiary/aromatic N) is 2. The van der Waals surface area contributed by atoms with Crippen molar-refractivity contribution in [3.63, 3.8) is 0 Å². The second kappa shape index (κ2) is 4.88. The third-order valence-electron chi connectivity index (χ3n) is 1.54. The lowest BCUT2D eigenvalue weighted by molar-refractivity contribution is -0.125. The normalized spacial score (nSPS) is 12.5. The molecule has 72 valence electrons. The van der Waals surface area contributed by atoms with Crippen LogP contribution in [0.5, 0.6) is 0 Å². The predicted molar refractivity (Wildman–Crippen MR) is 49.6 cm³/mol. The highest BCUT2D eigenvalue weighted by Gasteiger charge is 2.15. The Morgan fingerprint density at radius 3 is 3.08 bits per heavy atom. The number of anilines is 1. The van der Waals surface area contributed by atoms with Crippen molar-refractivity contribution in [3.05, 3.63) is 5.51 Å². The van der Waals surface area contributed by atoms with Crippen molar-refractivity contribution >= 4 is 22.4 Å². The van der Waals surface area contributed by atoms with Crippen molar-refractivity contribution in [3.8, 4) is 0 Å². The van der Waals surface area contributed by atoms with E-state index in [0.29, 0.717) is 11.6 Å². The first-order valence-electron chi connectivity index (χ1n) is 3.87. The molecule has 1 aromatic heterocycles. The quantitative estimate of drug-likeness (QED) is 0.786. The Labute approximate surface area is 80.1 Å². The van der Waals surface area contributed by atoms with Crippen LogP contribution in [0.15, 0.2) is 5.51 Å². The molecule has 1 aromatic rings. The molecule has 0 aromatic carbocycles. The van der Waals surface area contributed by atoms with Crippen molar-refractivity contribution < 1.29 is 9.53 Å². The van der Waals surface area contributed by atoms with Gasteiger partial charge in [0.15, 0.2) is 0 Å². The lowest BCUT2D eigenvalue weighted by atomic mass is 10.2. The molecule has 1 rings (SSSR count). The maximum absolute atomic E-state index is 11.4. The maximum atomic E-state index is 11.4. The molecule has 0 radical (unpaired) electrons. The number of hydrogen-bond acceptors (Lipinski definition) is 5. The minimum Gasteiger partial charge on any atom is -0.372 e. The third kappa shape index (κ3) is 2.74. The number of nitrogens with one attached hydrogen (secondary N) is 1. The van der Waals surface area contributed by atoms with E-state index < -0.39 is 6.10 Å². The maximum Gasteiger partial charge on any atom is 0.255 e. The highest BCUT2D eigenvalue weighted by Crippen LogP contribution is 2.09.